The zero-order valence-electron chi connectivity index (χ0n) is 26.0. The molecule has 0 saturated carbocycles. The van der Waals surface area contributed by atoms with Crippen molar-refractivity contribution in [1.29, 1.82) is 0 Å². The molecule has 0 aromatic heterocycles. The second kappa shape index (κ2) is 15.0. The number of amides is 2. The van der Waals surface area contributed by atoms with Crippen molar-refractivity contribution in [3.63, 3.8) is 0 Å². The highest BCUT2D eigenvalue weighted by Gasteiger charge is 2.37. The number of carbonyl (C=O) groups excluding carboxylic acids is 2. The molecule has 4 rings (SSSR count). The van der Waals surface area contributed by atoms with Gasteiger partial charge in [-0.1, -0.05) is 90.0 Å². The zero-order valence-corrected chi connectivity index (χ0v) is 27.6. The summed E-state index contributed by atoms with van der Waals surface area (Å²) in [5, 5.41) is 2.23. The van der Waals surface area contributed by atoms with Gasteiger partial charge in [-0.05, 0) is 62.2 Å². The Balaban J connectivity index is 1.85. The van der Waals surface area contributed by atoms with Crippen LogP contribution in [0.15, 0.2) is 108 Å². The summed E-state index contributed by atoms with van der Waals surface area (Å²) in [5.41, 5.74) is 0.711. The molecule has 0 fully saturated rings. The van der Waals surface area contributed by atoms with Crippen LogP contribution in [0.3, 0.4) is 0 Å². The Bertz CT molecular complexity index is 1790. The fourth-order valence-corrected chi connectivity index (χ4v) is 6.61. The molecule has 0 bridgehead atoms. The van der Waals surface area contributed by atoms with E-state index in [1.807, 2.05) is 37.3 Å². The van der Waals surface area contributed by atoms with E-state index >= 15 is 0 Å². The second-order valence-electron chi connectivity index (χ2n) is 11.4. The fraction of sp³-hybridized carbons (Fsp3) is 0.257. The SMILES string of the molecule is Cc1ccc(CN(C(=O)CN(c2ccc(Cl)c(C(F)(F)F)c2)S(=O)(=O)c2ccccc2)[C@H](Cc2ccccc2)C(=O)NC(C)C)cc1. The Kier molecular flexibility index (Phi) is 11.4. The van der Waals surface area contributed by atoms with Crippen LogP contribution in [-0.2, 0) is 38.8 Å². The number of alkyl halides is 3. The van der Waals surface area contributed by atoms with E-state index in [4.69, 9.17) is 11.6 Å². The number of halogens is 4. The Morgan fingerprint density at radius 3 is 2.02 bits per heavy atom. The Morgan fingerprint density at radius 2 is 1.45 bits per heavy atom. The molecule has 2 amide bonds. The number of rotatable bonds is 12. The lowest BCUT2D eigenvalue weighted by molar-refractivity contribution is -0.140. The molecule has 0 aliphatic rings. The van der Waals surface area contributed by atoms with Crippen LogP contribution in [0.1, 0.15) is 36.1 Å². The number of aryl methyl sites for hydroxylation is 1. The number of sulfonamides is 1. The lowest BCUT2D eigenvalue weighted by Gasteiger charge is -2.34. The van der Waals surface area contributed by atoms with Gasteiger partial charge in [0.1, 0.15) is 12.6 Å². The predicted molar refractivity (Wildman–Crippen MR) is 176 cm³/mol. The van der Waals surface area contributed by atoms with Crippen LogP contribution in [0.2, 0.25) is 5.02 Å². The van der Waals surface area contributed by atoms with Crippen LogP contribution in [0.5, 0.6) is 0 Å². The molecule has 0 unspecified atom stereocenters. The zero-order chi connectivity index (χ0) is 34.4. The molecule has 12 heteroatoms. The second-order valence-corrected chi connectivity index (χ2v) is 13.6. The van der Waals surface area contributed by atoms with Gasteiger partial charge >= 0.3 is 6.18 Å². The van der Waals surface area contributed by atoms with Gasteiger partial charge < -0.3 is 10.2 Å². The summed E-state index contributed by atoms with van der Waals surface area (Å²) in [6, 6.07) is 24.7. The summed E-state index contributed by atoms with van der Waals surface area (Å²) in [6.07, 6.45) is -4.80. The fourth-order valence-electron chi connectivity index (χ4n) is 4.96. The van der Waals surface area contributed by atoms with Crippen molar-refractivity contribution in [3.8, 4) is 0 Å². The number of carbonyl (C=O) groups is 2. The highest BCUT2D eigenvalue weighted by atomic mass is 35.5. The summed E-state index contributed by atoms with van der Waals surface area (Å²) in [4.78, 5) is 29.2. The van der Waals surface area contributed by atoms with Crippen molar-refractivity contribution >= 4 is 39.1 Å². The summed E-state index contributed by atoms with van der Waals surface area (Å²) >= 11 is 5.86. The molecule has 1 N–H and O–H groups in total. The smallest absolute Gasteiger partial charge is 0.352 e. The van der Waals surface area contributed by atoms with Gasteiger partial charge in [-0.25, -0.2) is 8.42 Å². The molecule has 0 aliphatic carbocycles. The minimum absolute atomic E-state index is 0.0736. The third-order valence-electron chi connectivity index (χ3n) is 7.33. The Labute approximate surface area is 278 Å². The molecule has 47 heavy (non-hydrogen) atoms. The summed E-state index contributed by atoms with van der Waals surface area (Å²) in [7, 11) is -4.59. The molecule has 7 nitrogen and oxygen atoms in total. The maximum atomic E-state index is 14.4. The van der Waals surface area contributed by atoms with E-state index in [-0.39, 0.29) is 23.9 Å². The molecular formula is C35H35ClF3N3O4S. The minimum Gasteiger partial charge on any atom is -0.352 e. The maximum absolute atomic E-state index is 14.4. The van der Waals surface area contributed by atoms with E-state index in [0.717, 1.165) is 23.3 Å². The van der Waals surface area contributed by atoms with E-state index in [9.17, 15) is 31.2 Å². The van der Waals surface area contributed by atoms with Crippen molar-refractivity contribution < 1.29 is 31.2 Å². The minimum atomic E-state index is -4.90. The van der Waals surface area contributed by atoms with Crippen LogP contribution >= 0.6 is 11.6 Å². The van der Waals surface area contributed by atoms with Crippen molar-refractivity contribution in [3.05, 3.63) is 130 Å². The van der Waals surface area contributed by atoms with Crippen LogP contribution in [0, 0.1) is 6.92 Å². The monoisotopic (exact) mass is 685 g/mol. The van der Waals surface area contributed by atoms with E-state index in [0.29, 0.717) is 15.9 Å². The summed E-state index contributed by atoms with van der Waals surface area (Å²) in [5.74, 6) is -1.26. The first-order valence-electron chi connectivity index (χ1n) is 14.8. The standard InChI is InChI=1S/C35H35ClF3N3O4S/c1-24(2)40-34(44)32(20-26-10-6-4-7-11-26)41(22-27-16-14-25(3)15-17-27)33(43)23-42(47(45,46)29-12-8-5-9-13-29)28-18-19-31(36)30(21-28)35(37,38)39/h4-19,21,24,32H,20,22-23H2,1-3H3,(H,40,44)/t32-/m1/s1. The Morgan fingerprint density at radius 1 is 0.851 bits per heavy atom. The molecule has 0 radical (unpaired) electrons. The summed E-state index contributed by atoms with van der Waals surface area (Å²) < 4.78 is 70.4. The number of benzene rings is 4. The first kappa shape index (κ1) is 35.5. The molecule has 0 heterocycles. The van der Waals surface area contributed by atoms with Gasteiger partial charge in [-0.3, -0.25) is 13.9 Å². The van der Waals surface area contributed by atoms with Crippen LogP contribution in [0.4, 0.5) is 18.9 Å². The van der Waals surface area contributed by atoms with E-state index < -0.39 is 56.9 Å². The molecule has 4 aromatic carbocycles. The molecule has 1 atom stereocenters. The van der Waals surface area contributed by atoms with Gasteiger partial charge in [0.15, 0.2) is 0 Å². The third kappa shape index (κ3) is 9.14. The molecule has 0 spiro atoms. The van der Waals surface area contributed by atoms with Gasteiger partial charge in [-0.2, -0.15) is 13.2 Å². The molecule has 4 aromatic rings. The lowest BCUT2D eigenvalue weighted by atomic mass is 10.0. The van der Waals surface area contributed by atoms with E-state index in [1.165, 1.54) is 29.2 Å². The molecular weight excluding hydrogens is 651 g/mol. The normalized spacial score (nSPS) is 12.4. The van der Waals surface area contributed by atoms with Crippen molar-refractivity contribution in [2.75, 3.05) is 10.8 Å². The number of anilines is 1. The Hall–Kier alpha value is -4.35. The average molecular weight is 686 g/mol. The van der Waals surface area contributed by atoms with Gasteiger partial charge in [0.25, 0.3) is 10.0 Å². The number of nitrogens with one attached hydrogen (secondary N) is 1. The first-order valence-corrected chi connectivity index (χ1v) is 16.6. The van der Waals surface area contributed by atoms with Gasteiger partial charge in [0.05, 0.1) is 21.2 Å². The van der Waals surface area contributed by atoms with Gasteiger partial charge in [0.2, 0.25) is 11.8 Å². The van der Waals surface area contributed by atoms with Crippen molar-refractivity contribution in [1.82, 2.24) is 10.2 Å². The summed E-state index contributed by atoms with van der Waals surface area (Å²) in [6.45, 7) is 4.47. The quantitative estimate of drug-likeness (QED) is 0.174. The van der Waals surface area contributed by atoms with E-state index in [1.54, 1.807) is 44.2 Å². The van der Waals surface area contributed by atoms with Crippen LogP contribution in [-0.4, -0.2) is 43.8 Å². The molecule has 0 aliphatic heterocycles. The number of hydrogen-bond donors (Lipinski definition) is 1. The van der Waals surface area contributed by atoms with Gasteiger partial charge in [0, 0.05) is 19.0 Å². The topological polar surface area (TPSA) is 86.8 Å². The average Bonchev–Trinajstić information content (AvgIpc) is 3.02. The van der Waals surface area contributed by atoms with E-state index in [2.05, 4.69) is 5.32 Å². The first-order chi connectivity index (χ1) is 22.2. The predicted octanol–water partition coefficient (Wildman–Crippen LogP) is 7.03. The molecule has 248 valence electrons. The number of nitrogens with zero attached hydrogens (tertiary/aromatic N) is 2. The maximum Gasteiger partial charge on any atom is 0.417 e. The third-order valence-corrected chi connectivity index (χ3v) is 9.45. The van der Waals surface area contributed by atoms with Crippen molar-refractivity contribution in [2.45, 2.75) is 56.9 Å². The largest absolute Gasteiger partial charge is 0.417 e. The molecule has 0 saturated heterocycles. The number of hydrogen-bond acceptors (Lipinski definition) is 4. The lowest BCUT2D eigenvalue weighted by Crippen LogP contribution is -2.54. The van der Waals surface area contributed by atoms with Gasteiger partial charge in [-0.15, -0.1) is 0 Å². The highest BCUT2D eigenvalue weighted by molar-refractivity contribution is 7.92. The van der Waals surface area contributed by atoms with Crippen LogP contribution < -0.4 is 9.62 Å². The van der Waals surface area contributed by atoms with Crippen LogP contribution in [0.25, 0.3) is 0 Å². The highest BCUT2D eigenvalue weighted by Crippen LogP contribution is 2.38. The van der Waals surface area contributed by atoms with Crippen molar-refractivity contribution in [2.24, 2.45) is 0 Å².